The van der Waals surface area contributed by atoms with Crippen molar-refractivity contribution in [2.75, 3.05) is 7.11 Å². The van der Waals surface area contributed by atoms with Crippen LogP contribution in [0.25, 0.3) is 0 Å². The topological polar surface area (TPSA) is 49.7 Å². The fourth-order valence-electron chi connectivity index (χ4n) is 2.00. The maximum atomic E-state index is 9.14. The van der Waals surface area contributed by atoms with Crippen LogP contribution in [0.1, 0.15) is 17.5 Å². The fraction of sp³-hybridized carbons (Fsp3) is 0.400. The highest BCUT2D eigenvalue weighted by atomic mass is 16.5. The molecule has 14 heavy (non-hydrogen) atoms. The number of benzene rings is 1. The smallest absolute Gasteiger partial charge is 0.492 e. The molecule has 0 unspecified atom stereocenters. The van der Waals surface area contributed by atoms with E-state index in [-0.39, 0.29) is 0 Å². The van der Waals surface area contributed by atoms with Gasteiger partial charge in [-0.05, 0) is 36.5 Å². The number of hydrogen-bond acceptors (Lipinski definition) is 3. The van der Waals surface area contributed by atoms with Crippen LogP contribution in [0.4, 0.5) is 0 Å². The van der Waals surface area contributed by atoms with Crippen molar-refractivity contribution in [3.05, 3.63) is 23.3 Å². The van der Waals surface area contributed by atoms with Gasteiger partial charge in [-0.3, -0.25) is 0 Å². The summed E-state index contributed by atoms with van der Waals surface area (Å²) in [6.07, 6.45) is 3.23. The molecule has 1 aromatic carbocycles. The Kier molecular flexibility index (Phi) is 2.48. The molecule has 0 bridgehead atoms. The molecule has 1 aromatic rings. The summed E-state index contributed by atoms with van der Waals surface area (Å²) in [7, 11) is 0.0959. The highest BCUT2D eigenvalue weighted by Gasteiger charge is 2.21. The molecule has 4 heteroatoms. The molecule has 3 nitrogen and oxygen atoms in total. The van der Waals surface area contributed by atoms with Crippen molar-refractivity contribution in [3.8, 4) is 5.75 Å². The van der Waals surface area contributed by atoms with Gasteiger partial charge in [-0.15, -0.1) is 0 Å². The van der Waals surface area contributed by atoms with Gasteiger partial charge in [0.15, 0.2) is 0 Å². The molecule has 74 valence electrons. The normalized spacial score (nSPS) is 13.9. The van der Waals surface area contributed by atoms with Gasteiger partial charge in [0.2, 0.25) is 0 Å². The second-order valence-electron chi connectivity index (χ2n) is 3.59. The third-order valence-corrected chi connectivity index (χ3v) is 2.72. The molecule has 0 aromatic heterocycles. The molecule has 0 saturated carbocycles. The average molecular weight is 192 g/mol. The van der Waals surface area contributed by atoms with Crippen molar-refractivity contribution in [1.29, 1.82) is 0 Å². The summed E-state index contributed by atoms with van der Waals surface area (Å²) in [5, 5.41) is 18.3. The van der Waals surface area contributed by atoms with Crippen LogP contribution >= 0.6 is 0 Å². The van der Waals surface area contributed by atoms with E-state index in [4.69, 9.17) is 14.8 Å². The molecule has 0 saturated heterocycles. The lowest BCUT2D eigenvalue weighted by molar-refractivity contribution is 0.403. The minimum absolute atomic E-state index is 0.466. The molecule has 0 spiro atoms. The second kappa shape index (κ2) is 3.63. The van der Waals surface area contributed by atoms with Crippen LogP contribution in [-0.4, -0.2) is 24.3 Å². The van der Waals surface area contributed by atoms with Crippen molar-refractivity contribution < 1.29 is 14.8 Å². The molecule has 2 N–H and O–H groups in total. The maximum Gasteiger partial charge on any atom is 0.492 e. The molecule has 1 aliphatic carbocycles. The molecular weight excluding hydrogens is 179 g/mol. The molecule has 0 radical (unpaired) electrons. The Labute approximate surface area is 83.5 Å². The van der Waals surface area contributed by atoms with Crippen LogP contribution in [0.2, 0.25) is 0 Å². The summed E-state index contributed by atoms with van der Waals surface area (Å²) >= 11 is 0. The third-order valence-electron chi connectivity index (χ3n) is 2.72. The maximum absolute atomic E-state index is 9.14. The van der Waals surface area contributed by atoms with Gasteiger partial charge in [0.25, 0.3) is 0 Å². The van der Waals surface area contributed by atoms with Gasteiger partial charge in [-0.1, -0.05) is 6.07 Å². The zero-order chi connectivity index (χ0) is 10.1. The Bertz CT molecular complexity index is 349. The van der Waals surface area contributed by atoms with E-state index in [1.54, 1.807) is 7.11 Å². The summed E-state index contributed by atoms with van der Waals surface area (Å²) in [4.78, 5) is 0. The molecular formula is C10H13BO3. The van der Waals surface area contributed by atoms with Crippen molar-refractivity contribution >= 4 is 12.6 Å². The largest absolute Gasteiger partial charge is 0.497 e. The molecule has 0 fully saturated rings. The Morgan fingerprint density at radius 2 is 1.86 bits per heavy atom. The van der Waals surface area contributed by atoms with Crippen LogP contribution < -0.4 is 10.2 Å². The standard InChI is InChI=1S/C10H13BO3/c1-14-10-6-8-4-2-3-7(8)5-9(10)11(12)13/h5-6,12-13H,2-4H2,1H3. The van der Waals surface area contributed by atoms with Gasteiger partial charge in [0, 0.05) is 5.46 Å². The van der Waals surface area contributed by atoms with E-state index in [1.807, 2.05) is 12.1 Å². The number of aryl methyl sites for hydroxylation is 2. The summed E-state index contributed by atoms with van der Waals surface area (Å²) in [5.74, 6) is 0.570. The van der Waals surface area contributed by atoms with Crippen molar-refractivity contribution in [2.24, 2.45) is 0 Å². The first-order valence-corrected chi connectivity index (χ1v) is 4.78. The van der Waals surface area contributed by atoms with Crippen LogP contribution in [0.5, 0.6) is 5.75 Å². The van der Waals surface area contributed by atoms with Gasteiger partial charge >= 0.3 is 7.12 Å². The average Bonchev–Trinajstić information content (AvgIpc) is 2.62. The highest BCUT2D eigenvalue weighted by Crippen LogP contribution is 2.24. The summed E-state index contributed by atoms with van der Waals surface area (Å²) < 4.78 is 5.11. The number of rotatable bonds is 2. The van der Waals surface area contributed by atoms with Gasteiger partial charge in [0.05, 0.1) is 7.11 Å². The highest BCUT2D eigenvalue weighted by molar-refractivity contribution is 6.59. The zero-order valence-corrected chi connectivity index (χ0v) is 8.16. The lowest BCUT2D eigenvalue weighted by Crippen LogP contribution is -2.31. The third kappa shape index (κ3) is 1.51. The first-order chi connectivity index (χ1) is 6.72. The van der Waals surface area contributed by atoms with Crippen LogP contribution in [-0.2, 0) is 12.8 Å². The van der Waals surface area contributed by atoms with E-state index >= 15 is 0 Å². The number of fused-ring (bicyclic) bond motifs is 1. The predicted octanol–water partition coefficient (Wildman–Crippen LogP) is -0.136. The monoisotopic (exact) mass is 192 g/mol. The predicted molar refractivity (Wildman–Crippen MR) is 54.8 cm³/mol. The minimum atomic E-state index is -1.45. The Hall–Kier alpha value is -0.995. The summed E-state index contributed by atoms with van der Waals surface area (Å²) in [6, 6.07) is 3.75. The van der Waals surface area contributed by atoms with Crippen molar-refractivity contribution in [3.63, 3.8) is 0 Å². The van der Waals surface area contributed by atoms with E-state index in [0.29, 0.717) is 11.2 Å². The molecule has 0 amide bonds. The molecule has 0 atom stereocenters. The number of hydrogen-bond donors (Lipinski definition) is 2. The van der Waals surface area contributed by atoms with Crippen LogP contribution in [0, 0.1) is 0 Å². The first-order valence-electron chi connectivity index (χ1n) is 4.78. The van der Waals surface area contributed by atoms with E-state index in [0.717, 1.165) is 19.3 Å². The lowest BCUT2D eigenvalue weighted by atomic mass is 9.78. The van der Waals surface area contributed by atoms with E-state index in [1.165, 1.54) is 11.1 Å². The number of ether oxygens (including phenoxy) is 1. The SMILES string of the molecule is COc1cc2c(cc1B(O)O)CCC2. The molecule has 2 rings (SSSR count). The van der Waals surface area contributed by atoms with Crippen LogP contribution in [0.15, 0.2) is 12.1 Å². The zero-order valence-electron chi connectivity index (χ0n) is 8.16. The lowest BCUT2D eigenvalue weighted by Gasteiger charge is -2.10. The minimum Gasteiger partial charge on any atom is -0.497 e. The molecule has 0 heterocycles. The van der Waals surface area contributed by atoms with Crippen molar-refractivity contribution in [1.82, 2.24) is 0 Å². The van der Waals surface area contributed by atoms with Gasteiger partial charge in [-0.2, -0.15) is 0 Å². The summed E-state index contributed by atoms with van der Waals surface area (Å²) in [5.41, 5.74) is 2.95. The second-order valence-corrected chi connectivity index (χ2v) is 3.59. The Balaban J connectivity index is 2.49. The number of methoxy groups -OCH3 is 1. The van der Waals surface area contributed by atoms with E-state index in [9.17, 15) is 0 Å². The van der Waals surface area contributed by atoms with Gasteiger partial charge < -0.3 is 14.8 Å². The molecule has 0 aliphatic heterocycles. The Morgan fingerprint density at radius 1 is 1.21 bits per heavy atom. The summed E-state index contributed by atoms with van der Waals surface area (Å²) in [6.45, 7) is 0. The van der Waals surface area contributed by atoms with Gasteiger partial charge in [0.1, 0.15) is 5.75 Å². The van der Waals surface area contributed by atoms with Crippen LogP contribution in [0.3, 0.4) is 0 Å². The Morgan fingerprint density at radius 3 is 2.43 bits per heavy atom. The van der Waals surface area contributed by atoms with Gasteiger partial charge in [-0.25, -0.2) is 0 Å². The van der Waals surface area contributed by atoms with E-state index < -0.39 is 7.12 Å². The fourth-order valence-corrected chi connectivity index (χ4v) is 2.00. The molecule has 1 aliphatic rings. The quantitative estimate of drug-likeness (QED) is 0.641. The van der Waals surface area contributed by atoms with Crippen molar-refractivity contribution in [2.45, 2.75) is 19.3 Å². The first kappa shape index (κ1) is 9.56. The van der Waals surface area contributed by atoms with E-state index in [2.05, 4.69) is 0 Å².